The van der Waals surface area contributed by atoms with Gasteiger partial charge in [-0.05, 0) is 36.2 Å². The molecule has 0 saturated carbocycles. The quantitative estimate of drug-likeness (QED) is 0.430. The highest BCUT2D eigenvalue weighted by atomic mass is 35.5. The molecule has 3 N–H and O–H groups in total. The minimum atomic E-state index is -0.311. The number of nitrogen functional groups attached to an aromatic ring is 1. The summed E-state index contributed by atoms with van der Waals surface area (Å²) in [5.41, 5.74) is 10.4. The molecule has 5 rings (SSSR count). The second kappa shape index (κ2) is 9.83. The van der Waals surface area contributed by atoms with Crippen LogP contribution in [0.2, 0.25) is 5.02 Å². The minimum absolute atomic E-state index is 0.0720. The number of aromatic nitrogens is 3. The highest BCUT2D eigenvalue weighted by Crippen LogP contribution is 2.28. The highest BCUT2D eigenvalue weighted by Gasteiger charge is 2.29. The molecule has 2 aromatic carbocycles. The molecule has 36 heavy (non-hydrogen) atoms. The lowest BCUT2D eigenvalue weighted by molar-refractivity contribution is 0.0783. The molecule has 0 radical (unpaired) electrons. The Morgan fingerprint density at radius 2 is 1.83 bits per heavy atom. The van der Waals surface area contributed by atoms with Gasteiger partial charge in [-0.15, -0.1) is 0 Å². The molecule has 2 aromatic heterocycles. The number of hydrogen-bond acceptors (Lipinski definition) is 5. The van der Waals surface area contributed by atoms with Gasteiger partial charge in [-0.3, -0.25) is 14.3 Å². The van der Waals surface area contributed by atoms with E-state index in [2.05, 4.69) is 15.4 Å². The number of rotatable bonds is 5. The van der Waals surface area contributed by atoms with E-state index < -0.39 is 0 Å². The third kappa shape index (κ3) is 4.81. The molecule has 3 heterocycles. The van der Waals surface area contributed by atoms with Crippen LogP contribution in [0.4, 0.5) is 5.82 Å². The third-order valence-corrected chi connectivity index (χ3v) is 6.66. The van der Waals surface area contributed by atoms with Crippen molar-refractivity contribution in [1.82, 2.24) is 25.0 Å². The summed E-state index contributed by atoms with van der Waals surface area (Å²) in [6.45, 7) is 0.978. The predicted octanol–water partition coefficient (Wildman–Crippen LogP) is 4.03. The zero-order chi connectivity index (χ0) is 25.2. The van der Waals surface area contributed by atoms with Crippen molar-refractivity contribution in [1.29, 1.82) is 0 Å². The molecular formula is C27H25ClN6O2. The number of nitrogens with one attached hydrogen (secondary N) is 1. The van der Waals surface area contributed by atoms with Gasteiger partial charge >= 0.3 is 0 Å². The van der Waals surface area contributed by atoms with Gasteiger partial charge in [-0.2, -0.15) is 5.10 Å². The van der Waals surface area contributed by atoms with Crippen molar-refractivity contribution in [3.8, 4) is 22.3 Å². The Kier molecular flexibility index (Phi) is 6.43. The Morgan fingerprint density at radius 3 is 2.56 bits per heavy atom. The second-order valence-electron chi connectivity index (χ2n) is 8.83. The SMILES string of the molecule is Cn1cc(-c2cnc(N)c(C(=O)N[C@@H]3CCN(C(=O)c4ccc(-c5ccccc5Cl)cc4)C3)c2)cn1. The molecule has 8 nitrogen and oxygen atoms in total. The summed E-state index contributed by atoms with van der Waals surface area (Å²) in [5.74, 6) is -0.226. The number of halogens is 1. The monoisotopic (exact) mass is 500 g/mol. The van der Waals surface area contributed by atoms with Crippen molar-refractivity contribution >= 4 is 29.2 Å². The Morgan fingerprint density at radius 1 is 1.06 bits per heavy atom. The molecule has 1 atom stereocenters. The Labute approximate surface area is 213 Å². The van der Waals surface area contributed by atoms with Crippen molar-refractivity contribution < 1.29 is 9.59 Å². The van der Waals surface area contributed by atoms with Crippen molar-refractivity contribution in [2.45, 2.75) is 12.5 Å². The van der Waals surface area contributed by atoms with Crippen LogP contribution in [0.25, 0.3) is 22.3 Å². The number of aryl methyl sites for hydroxylation is 1. The first-order valence-electron chi connectivity index (χ1n) is 11.6. The number of carbonyl (C=O) groups excluding carboxylic acids is 2. The number of pyridine rings is 1. The molecule has 1 saturated heterocycles. The first kappa shape index (κ1) is 23.6. The summed E-state index contributed by atoms with van der Waals surface area (Å²) >= 11 is 6.29. The number of benzene rings is 2. The standard InChI is InChI=1S/C27H25ClN6O2/c1-33-15-20(14-31-33)19-12-23(25(29)30-13-19)26(35)32-21-10-11-34(16-21)27(36)18-8-6-17(7-9-18)22-4-2-3-5-24(22)28/h2-9,12-15,21H,10-11,16H2,1H3,(H2,29,30)(H,32,35)/t21-/m1/s1. The molecule has 9 heteroatoms. The molecule has 2 amide bonds. The van der Waals surface area contributed by atoms with Gasteiger partial charge in [0.15, 0.2) is 0 Å². The molecule has 1 fully saturated rings. The van der Waals surface area contributed by atoms with Crippen LogP contribution in [0.5, 0.6) is 0 Å². The molecule has 182 valence electrons. The Balaban J connectivity index is 1.23. The summed E-state index contributed by atoms with van der Waals surface area (Å²) < 4.78 is 1.68. The van der Waals surface area contributed by atoms with E-state index in [1.54, 1.807) is 28.0 Å². The number of likely N-dealkylation sites (tertiary alicyclic amines) is 1. The maximum Gasteiger partial charge on any atom is 0.255 e. The van der Waals surface area contributed by atoms with Crippen molar-refractivity contribution in [3.63, 3.8) is 0 Å². The van der Waals surface area contributed by atoms with Gasteiger partial charge in [-0.25, -0.2) is 4.98 Å². The largest absolute Gasteiger partial charge is 0.383 e. The maximum absolute atomic E-state index is 13.1. The van der Waals surface area contributed by atoms with Crippen LogP contribution in [-0.4, -0.2) is 50.6 Å². The fourth-order valence-electron chi connectivity index (χ4n) is 4.38. The zero-order valence-corrected chi connectivity index (χ0v) is 20.4. The van der Waals surface area contributed by atoms with Gasteiger partial charge in [0.2, 0.25) is 0 Å². The molecule has 0 spiro atoms. The summed E-state index contributed by atoms with van der Waals surface area (Å²) in [6.07, 6.45) is 5.83. The third-order valence-electron chi connectivity index (χ3n) is 6.33. The number of carbonyl (C=O) groups is 2. The smallest absolute Gasteiger partial charge is 0.255 e. The van der Waals surface area contributed by atoms with E-state index >= 15 is 0 Å². The van der Waals surface area contributed by atoms with Crippen molar-refractivity contribution in [2.75, 3.05) is 18.8 Å². The predicted molar refractivity (Wildman–Crippen MR) is 140 cm³/mol. The van der Waals surface area contributed by atoms with Gasteiger partial charge in [0.25, 0.3) is 11.8 Å². The summed E-state index contributed by atoms with van der Waals surface area (Å²) in [7, 11) is 1.82. The van der Waals surface area contributed by atoms with Crippen LogP contribution in [0.1, 0.15) is 27.1 Å². The fraction of sp³-hybridized carbons (Fsp3) is 0.185. The van der Waals surface area contributed by atoms with Gasteiger partial charge in [0.1, 0.15) is 5.82 Å². The lowest BCUT2D eigenvalue weighted by Gasteiger charge is -2.18. The molecule has 0 aliphatic carbocycles. The van der Waals surface area contributed by atoms with Crippen molar-refractivity contribution in [2.24, 2.45) is 7.05 Å². The lowest BCUT2D eigenvalue weighted by Crippen LogP contribution is -2.38. The van der Waals surface area contributed by atoms with Crippen LogP contribution in [0.15, 0.2) is 73.2 Å². The number of nitrogens with two attached hydrogens (primary N) is 1. The Hall–Kier alpha value is -4.17. The van der Waals surface area contributed by atoms with E-state index in [4.69, 9.17) is 17.3 Å². The van der Waals surface area contributed by atoms with Crippen LogP contribution >= 0.6 is 11.6 Å². The van der Waals surface area contributed by atoms with Crippen LogP contribution in [0.3, 0.4) is 0 Å². The summed E-state index contributed by atoms with van der Waals surface area (Å²) in [6, 6.07) is 16.6. The first-order chi connectivity index (χ1) is 17.4. The van der Waals surface area contributed by atoms with Crippen molar-refractivity contribution in [3.05, 3.63) is 89.3 Å². The average Bonchev–Trinajstić information content (AvgIpc) is 3.53. The number of anilines is 1. The van der Waals surface area contributed by atoms with Crippen LogP contribution < -0.4 is 11.1 Å². The zero-order valence-electron chi connectivity index (χ0n) is 19.7. The Bertz CT molecular complexity index is 1430. The molecule has 4 aromatic rings. The van der Waals surface area contributed by atoms with E-state index in [9.17, 15) is 9.59 Å². The van der Waals surface area contributed by atoms with Gasteiger partial charge in [-0.1, -0.05) is 41.9 Å². The number of nitrogens with zero attached hydrogens (tertiary/aromatic N) is 4. The van der Waals surface area contributed by atoms with E-state index in [1.165, 1.54) is 0 Å². The van der Waals surface area contributed by atoms with Crippen LogP contribution in [-0.2, 0) is 7.05 Å². The maximum atomic E-state index is 13.1. The molecule has 0 unspecified atom stereocenters. The van der Waals surface area contributed by atoms with E-state index in [0.29, 0.717) is 35.7 Å². The fourth-order valence-corrected chi connectivity index (χ4v) is 4.63. The molecular weight excluding hydrogens is 476 g/mol. The second-order valence-corrected chi connectivity index (χ2v) is 9.23. The molecule has 1 aliphatic rings. The van der Waals surface area contributed by atoms with E-state index in [1.807, 2.05) is 61.8 Å². The van der Waals surface area contributed by atoms with Gasteiger partial charge < -0.3 is 16.0 Å². The highest BCUT2D eigenvalue weighted by molar-refractivity contribution is 6.33. The minimum Gasteiger partial charge on any atom is -0.383 e. The molecule has 1 aliphatic heterocycles. The lowest BCUT2D eigenvalue weighted by atomic mass is 10.0. The topological polar surface area (TPSA) is 106 Å². The average molecular weight is 501 g/mol. The first-order valence-corrected chi connectivity index (χ1v) is 12.0. The van der Waals surface area contributed by atoms with E-state index in [0.717, 1.165) is 22.3 Å². The number of amides is 2. The molecule has 0 bridgehead atoms. The normalized spacial score (nSPS) is 15.2. The van der Waals surface area contributed by atoms with E-state index in [-0.39, 0.29) is 23.7 Å². The van der Waals surface area contributed by atoms with Gasteiger partial charge in [0, 0.05) is 65.8 Å². The summed E-state index contributed by atoms with van der Waals surface area (Å²) in [5, 5.41) is 7.83. The van der Waals surface area contributed by atoms with Crippen LogP contribution in [0, 0.1) is 0 Å². The van der Waals surface area contributed by atoms with Gasteiger partial charge in [0.05, 0.1) is 11.8 Å². The number of hydrogen-bond donors (Lipinski definition) is 2. The summed E-state index contributed by atoms with van der Waals surface area (Å²) in [4.78, 5) is 32.0.